The van der Waals surface area contributed by atoms with E-state index in [1.165, 1.54) is 6.92 Å². The summed E-state index contributed by atoms with van der Waals surface area (Å²) in [7, 11) is 0. The number of primary amides is 1. The van der Waals surface area contributed by atoms with Crippen LogP contribution in [0.25, 0.3) is 0 Å². The first-order chi connectivity index (χ1) is 7.99. The molecule has 5 nitrogen and oxygen atoms in total. The Hall–Kier alpha value is -2.04. The Bertz CT molecular complexity index is 418. The summed E-state index contributed by atoms with van der Waals surface area (Å²) in [5.41, 5.74) is 6.71. The number of nitrogens with one attached hydrogen (secondary N) is 2. The van der Waals surface area contributed by atoms with Crippen molar-refractivity contribution in [3.05, 3.63) is 24.3 Å². The van der Waals surface area contributed by atoms with Crippen LogP contribution in [0, 0.1) is 5.92 Å². The molecule has 0 aliphatic carbocycles. The lowest BCUT2D eigenvalue weighted by Crippen LogP contribution is -2.26. The van der Waals surface area contributed by atoms with Crippen LogP contribution in [0.4, 0.5) is 11.4 Å². The summed E-state index contributed by atoms with van der Waals surface area (Å²) in [6.45, 7) is 3.68. The number of carbonyl (C=O) groups excluding carboxylic acids is 2. The van der Waals surface area contributed by atoms with E-state index in [0.29, 0.717) is 12.2 Å². The van der Waals surface area contributed by atoms with Crippen molar-refractivity contribution in [3.63, 3.8) is 0 Å². The quantitative estimate of drug-likeness (QED) is 0.716. The molecule has 1 unspecified atom stereocenters. The second-order valence-corrected chi connectivity index (χ2v) is 3.95. The average Bonchev–Trinajstić information content (AvgIpc) is 2.25. The summed E-state index contributed by atoms with van der Waals surface area (Å²) in [4.78, 5) is 21.7. The highest BCUT2D eigenvalue weighted by Crippen LogP contribution is 2.15. The molecule has 5 heteroatoms. The topological polar surface area (TPSA) is 84.2 Å². The van der Waals surface area contributed by atoms with Gasteiger partial charge in [0.1, 0.15) is 0 Å². The molecule has 0 aliphatic heterocycles. The maximum absolute atomic E-state index is 10.9. The summed E-state index contributed by atoms with van der Waals surface area (Å²) in [6, 6.07) is 7.28. The van der Waals surface area contributed by atoms with Crippen molar-refractivity contribution >= 4 is 23.2 Å². The summed E-state index contributed by atoms with van der Waals surface area (Å²) < 4.78 is 0. The third-order valence-corrected chi connectivity index (χ3v) is 2.28. The molecule has 0 saturated carbocycles. The molecule has 1 aromatic rings. The second-order valence-electron chi connectivity index (χ2n) is 3.95. The van der Waals surface area contributed by atoms with Crippen molar-refractivity contribution in [1.82, 2.24) is 0 Å². The standard InChI is InChI=1S/C12H17N3O2/c1-8(12(13)17)7-14-10-4-3-5-11(6-10)15-9(2)16/h3-6,8,14H,7H2,1-2H3,(H2,13,17)(H,15,16). The Morgan fingerprint density at radius 1 is 1.35 bits per heavy atom. The molecule has 2 amide bonds. The Morgan fingerprint density at radius 2 is 2.00 bits per heavy atom. The molecule has 0 aliphatic rings. The van der Waals surface area contributed by atoms with Crippen LogP contribution in [0.5, 0.6) is 0 Å². The molecule has 1 rings (SSSR count). The maximum Gasteiger partial charge on any atom is 0.222 e. The summed E-state index contributed by atoms with van der Waals surface area (Å²) in [6.07, 6.45) is 0. The predicted molar refractivity (Wildman–Crippen MR) is 67.6 cm³/mol. The number of anilines is 2. The summed E-state index contributed by atoms with van der Waals surface area (Å²) >= 11 is 0. The van der Waals surface area contributed by atoms with E-state index in [0.717, 1.165) is 5.69 Å². The smallest absolute Gasteiger partial charge is 0.222 e. The minimum Gasteiger partial charge on any atom is -0.384 e. The molecule has 0 aromatic heterocycles. The number of hydrogen-bond donors (Lipinski definition) is 3. The zero-order valence-electron chi connectivity index (χ0n) is 9.99. The fourth-order valence-electron chi connectivity index (χ4n) is 1.28. The van der Waals surface area contributed by atoms with Gasteiger partial charge in [-0.3, -0.25) is 9.59 Å². The van der Waals surface area contributed by atoms with E-state index in [1.54, 1.807) is 19.1 Å². The van der Waals surface area contributed by atoms with Crippen LogP contribution >= 0.6 is 0 Å². The predicted octanol–water partition coefficient (Wildman–Crippen LogP) is 1.18. The van der Waals surface area contributed by atoms with Crippen molar-refractivity contribution in [2.24, 2.45) is 11.7 Å². The molecule has 17 heavy (non-hydrogen) atoms. The van der Waals surface area contributed by atoms with Crippen LogP contribution in [0.15, 0.2) is 24.3 Å². The van der Waals surface area contributed by atoms with Crippen LogP contribution < -0.4 is 16.4 Å². The molecule has 1 aromatic carbocycles. The van der Waals surface area contributed by atoms with E-state index in [1.807, 2.05) is 12.1 Å². The Kier molecular flexibility index (Phi) is 4.51. The minimum atomic E-state index is -0.337. The largest absolute Gasteiger partial charge is 0.384 e. The Labute approximate surface area is 100 Å². The monoisotopic (exact) mass is 235 g/mol. The van der Waals surface area contributed by atoms with E-state index in [9.17, 15) is 9.59 Å². The van der Waals surface area contributed by atoms with Crippen LogP contribution in [0.3, 0.4) is 0 Å². The average molecular weight is 235 g/mol. The highest BCUT2D eigenvalue weighted by molar-refractivity contribution is 5.89. The van der Waals surface area contributed by atoms with Crippen LogP contribution in [0.1, 0.15) is 13.8 Å². The molecular weight excluding hydrogens is 218 g/mol. The summed E-state index contributed by atoms with van der Waals surface area (Å²) in [5, 5.41) is 5.77. The van der Waals surface area contributed by atoms with E-state index in [2.05, 4.69) is 10.6 Å². The third kappa shape index (κ3) is 4.55. The van der Waals surface area contributed by atoms with Gasteiger partial charge in [0.25, 0.3) is 0 Å². The van der Waals surface area contributed by atoms with Crippen molar-refractivity contribution in [2.75, 3.05) is 17.2 Å². The number of hydrogen-bond acceptors (Lipinski definition) is 3. The van der Waals surface area contributed by atoms with Gasteiger partial charge in [-0.05, 0) is 18.2 Å². The fourth-order valence-corrected chi connectivity index (χ4v) is 1.28. The number of carbonyl (C=O) groups is 2. The van der Waals surface area contributed by atoms with Crippen LogP contribution in [-0.4, -0.2) is 18.4 Å². The fraction of sp³-hybridized carbons (Fsp3) is 0.333. The van der Waals surface area contributed by atoms with Crippen molar-refractivity contribution in [1.29, 1.82) is 0 Å². The normalized spacial score (nSPS) is 11.6. The van der Waals surface area contributed by atoms with E-state index >= 15 is 0 Å². The third-order valence-electron chi connectivity index (χ3n) is 2.28. The SMILES string of the molecule is CC(=O)Nc1cccc(NCC(C)C(N)=O)c1. The summed E-state index contributed by atoms with van der Waals surface area (Å²) in [5.74, 6) is -0.692. The number of amides is 2. The molecule has 0 bridgehead atoms. The minimum absolute atomic E-state index is 0.118. The lowest BCUT2D eigenvalue weighted by Gasteiger charge is -2.11. The molecular formula is C12H17N3O2. The molecule has 0 heterocycles. The van der Waals surface area contributed by atoms with E-state index < -0.39 is 0 Å². The van der Waals surface area contributed by atoms with Gasteiger partial charge in [0.15, 0.2) is 0 Å². The Balaban J connectivity index is 2.59. The zero-order valence-corrected chi connectivity index (χ0v) is 9.99. The van der Waals surface area contributed by atoms with Gasteiger partial charge in [-0.15, -0.1) is 0 Å². The second kappa shape index (κ2) is 5.89. The van der Waals surface area contributed by atoms with Gasteiger partial charge < -0.3 is 16.4 Å². The van der Waals surface area contributed by atoms with Gasteiger partial charge in [-0.1, -0.05) is 13.0 Å². The first kappa shape index (κ1) is 13.0. The zero-order chi connectivity index (χ0) is 12.8. The first-order valence-electron chi connectivity index (χ1n) is 5.40. The first-order valence-corrected chi connectivity index (χ1v) is 5.40. The van der Waals surface area contributed by atoms with Crippen LogP contribution in [0.2, 0.25) is 0 Å². The van der Waals surface area contributed by atoms with Gasteiger partial charge in [0.05, 0.1) is 5.92 Å². The lowest BCUT2D eigenvalue weighted by atomic mass is 10.1. The molecule has 1 atom stereocenters. The van der Waals surface area contributed by atoms with Gasteiger partial charge in [-0.2, -0.15) is 0 Å². The number of rotatable bonds is 5. The maximum atomic E-state index is 10.9. The molecule has 4 N–H and O–H groups in total. The number of benzene rings is 1. The molecule has 0 spiro atoms. The lowest BCUT2D eigenvalue weighted by molar-refractivity contribution is -0.121. The van der Waals surface area contributed by atoms with Crippen LogP contribution in [-0.2, 0) is 9.59 Å². The van der Waals surface area contributed by atoms with E-state index in [-0.39, 0.29) is 17.7 Å². The molecule has 92 valence electrons. The van der Waals surface area contributed by atoms with Gasteiger partial charge in [0, 0.05) is 24.8 Å². The van der Waals surface area contributed by atoms with E-state index in [4.69, 9.17) is 5.73 Å². The highest BCUT2D eigenvalue weighted by atomic mass is 16.1. The number of nitrogens with two attached hydrogens (primary N) is 1. The molecule has 0 saturated heterocycles. The van der Waals surface area contributed by atoms with Gasteiger partial charge in [0.2, 0.25) is 11.8 Å². The molecule has 0 fully saturated rings. The highest BCUT2D eigenvalue weighted by Gasteiger charge is 2.07. The van der Waals surface area contributed by atoms with Crippen molar-refractivity contribution in [3.8, 4) is 0 Å². The van der Waals surface area contributed by atoms with Crippen molar-refractivity contribution in [2.45, 2.75) is 13.8 Å². The van der Waals surface area contributed by atoms with Gasteiger partial charge in [-0.25, -0.2) is 0 Å². The van der Waals surface area contributed by atoms with Crippen molar-refractivity contribution < 1.29 is 9.59 Å². The van der Waals surface area contributed by atoms with Gasteiger partial charge >= 0.3 is 0 Å². The Morgan fingerprint density at radius 3 is 2.59 bits per heavy atom. The molecule has 0 radical (unpaired) electrons.